The van der Waals surface area contributed by atoms with Crippen LogP contribution in [0.25, 0.3) is 0 Å². The maximum absolute atomic E-state index is 13.3. The fourth-order valence-electron chi connectivity index (χ4n) is 1.53. The maximum atomic E-state index is 13.3. The van der Waals surface area contributed by atoms with Gasteiger partial charge in [0.1, 0.15) is 0 Å². The van der Waals surface area contributed by atoms with E-state index >= 15 is 0 Å². The summed E-state index contributed by atoms with van der Waals surface area (Å²) in [5.41, 5.74) is -1.73. The van der Waals surface area contributed by atoms with Gasteiger partial charge < -0.3 is 10.4 Å². The fourth-order valence-corrected chi connectivity index (χ4v) is 1.53. The van der Waals surface area contributed by atoms with Crippen LogP contribution in [0.1, 0.15) is 25.7 Å². The van der Waals surface area contributed by atoms with Crippen molar-refractivity contribution in [2.45, 2.75) is 37.4 Å². The van der Waals surface area contributed by atoms with Gasteiger partial charge in [-0.25, -0.2) is 9.18 Å². The maximum Gasteiger partial charge on any atom is 0.404 e. The van der Waals surface area contributed by atoms with Gasteiger partial charge in [-0.3, -0.25) is 4.79 Å². The minimum Gasteiger partial charge on any atom is -0.465 e. The van der Waals surface area contributed by atoms with Crippen molar-refractivity contribution in [2.75, 3.05) is 0 Å². The first kappa shape index (κ1) is 9.95. The molecule has 1 amide bonds. The normalized spacial score (nSPS) is 33.8. The summed E-state index contributed by atoms with van der Waals surface area (Å²) in [7, 11) is 0. The average Bonchev–Trinajstić information content (AvgIpc) is 2.09. The highest BCUT2D eigenvalue weighted by Gasteiger charge is 2.35. The van der Waals surface area contributed by atoms with E-state index in [1.54, 1.807) is 0 Å². The van der Waals surface area contributed by atoms with Crippen LogP contribution in [-0.2, 0) is 4.79 Å². The van der Waals surface area contributed by atoms with E-state index in [1.807, 2.05) is 0 Å². The van der Waals surface area contributed by atoms with E-state index in [0.717, 1.165) is 0 Å². The van der Waals surface area contributed by atoms with Crippen LogP contribution in [0.4, 0.5) is 9.18 Å². The van der Waals surface area contributed by atoms with Crippen molar-refractivity contribution in [3.63, 3.8) is 0 Å². The third kappa shape index (κ3) is 2.68. The molecular weight excluding hydrogens is 177 g/mol. The van der Waals surface area contributed by atoms with Gasteiger partial charge in [0.15, 0.2) is 12.0 Å². The molecule has 13 heavy (non-hydrogen) atoms. The molecule has 0 aromatic carbocycles. The van der Waals surface area contributed by atoms with E-state index in [4.69, 9.17) is 5.11 Å². The number of aldehydes is 1. The Morgan fingerprint density at radius 3 is 2.46 bits per heavy atom. The first-order chi connectivity index (χ1) is 6.06. The minimum atomic E-state index is -1.73. The van der Waals surface area contributed by atoms with Gasteiger partial charge in [0.2, 0.25) is 0 Å². The molecule has 0 aliphatic heterocycles. The van der Waals surface area contributed by atoms with E-state index < -0.39 is 11.8 Å². The Morgan fingerprint density at radius 2 is 2.08 bits per heavy atom. The largest absolute Gasteiger partial charge is 0.465 e. The molecule has 1 saturated carbocycles. The van der Waals surface area contributed by atoms with Crippen molar-refractivity contribution in [3.05, 3.63) is 0 Å². The van der Waals surface area contributed by atoms with Crippen LogP contribution < -0.4 is 5.32 Å². The van der Waals surface area contributed by atoms with Crippen LogP contribution >= 0.6 is 0 Å². The van der Waals surface area contributed by atoms with Gasteiger partial charge in [-0.1, -0.05) is 0 Å². The number of nitrogens with one attached hydrogen (secondary N) is 1. The van der Waals surface area contributed by atoms with Gasteiger partial charge in [-0.05, 0) is 25.7 Å². The van der Waals surface area contributed by atoms with Crippen LogP contribution in [0.3, 0.4) is 0 Å². The second-order valence-corrected chi connectivity index (χ2v) is 3.38. The zero-order valence-electron chi connectivity index (χ0n) is 7.12. The molecule has 0 aromatic rings. The summed E-state index contributed by atoms with van der Waals surface area (Å²) in [6.07, 6.45) is 0.234. The first-order valence-corrected chi connectivity index (χ1v) is 4.20. The topological polar surface area (TPSA) is 66.4 Å². The lowest BCUT2D eigenvalue weighted by Gasteiger charge is -2.29. The van der Waals surface area contributed by atoms with Crippen LogP contribution in [0.15, 0.2) is 0 Å². The first-order valence-electron chi connectivity index (χ1n) is 4.20. The van der Waals surface area contributed by atoms with Gasteiger partial charge >= 0.3 is 6.09 Å². The van der Waals surface area contributed by atoms with Crippen molar-refractivity contribution < 1.29 is 19.1 Å². The van der Waals surface area contributed by atoms with E-state index in [9.17, 15) is 14.0 Å². The van der Waals surface area contributed by atoms with Crippen molar-refractivity contribution in [1.29, 1.82) is 0 Å². The molecule has 1 rings (SSSR count). The third-order valence-electron chi connectivity index (χ3n) is 2.36. The molecule has 0 heterocycles. The SMILES string of the molecule is O=C[C@]1(F)CC[C@H](NC(=O)O)CC1. The molecule has 1 aliphatic rings. The molecule has 0 bridgehead atoms. The third-order valence-corrected chi connectivity index (χ3v) is 2.36. The fraction of sp³-hybridized carbons (Fsp3) is 0.750. The molecule has 2 N–H and O–H groups in total. The zero-order valence-corrected chi connectivity index (χ0v) is 7.12. The Hall–Kier alpha value is -1.13. The number of carboxylic acid groups (broad SMARTS) is 1. The molecule has 1 aliphatic carbocycles. The van der Waals surface area contributed by atoms with Crippen LogP contribution in [-0.4, -0.2) is 29.2 Å². The van der Waals surface area contributed by atoms with Gasteiger partial charge in [0, 0.05) is 6.04 Å². The molecule has 1 fully saturated rings. The Bertz CT molecular complexity index is 211. The van der Waals surface area contributed by atoms with Gasteiger partial charge in [0.05, 0.1) is 0 Å². The number of hydrogen-bond acceptors (Lipinski definition) is 2. The quantitative estimate of drug-likeness (QED) is 0.639. The van der Waals surface area contributed by atoms with E-state index in [2.05, 4.69) is 5.32 Å². The molecule has 5 heteroatoms. The Balaban J connectivity index is 2.38. The number of carbonyl (C=O) groups is 2. The molecule has 0 spiro atoms. The van der Waals surface area contributed by atoms with Crippen molar-refractivity contribution in [2.24, 2.45) is 0 Å². The number of carbonyl (C=O) groups excluding carboxylic acids is 1. The highest BCUT2D eigenvalue weighted by atomic mass is 19.1. The summed E-state index contributed by atoms with van der Waals surface area (Å²) >= 11 is 0. The van der Waals surface area contributed by atoms with Crippen LogP contribution in [0.2, 0.25) is 0 Å². The number of rotatable bonds is 2. The van der Waals surface area contributed by atoms with Crippen molar-refractivity contribution in [3.8, 4) is 0 Å². The zero-order chi connectivity index (χ0) is 9.90. The lowest BCUT2D eigenvalue weighted by molar-refractivity contribution is -0.119. The number of halogens is 1. The highest BCUT2D eigenvalue weighted by Crippen LogP contribution is 2.29. The molecule has 0 saturated heterocycles. The molecule has 0 atom stereocenters. The summed E-state index contributed by atoms with van der Waals surface area (Å²) in [5, 5.41) is 10.7. The number of amides is 1. The van der Waals surface area contributed by atoms with Gasteiger partial charge in [-0.15, -0.1) is 0 Å². The summed E-state index contributed by atoms with van der Waals surface area (Å²) in [6.45, 7) is 0. The summed E-state index contributed by atoms with van der Waals surface area (Å²) in [5.74, 6) is 0. The summed E-state index contributed by atoms with van der Waals surface area (Å²) in [6, 6.07) is -0.207. The van der Waals surface area contributed by atoms with Crippen molar-refractivity contribution in [1.82, 2.24) is 5.32 Å². The highest BCUT2D eigenvalue weighted by molar-refractivity contribution is 5.65. The monoisotopic (exact) mass is 189 g/mol. The Kier molecular flexibility index (Phi) is 2.85. The number of alkyl halides is 1. The minimum absolute atomic E-state index is 0.113. The van der Waals surface area contributed by atoms with E-state index in [-0.39, 0.29) is 18.9 Å². The second kappa shape index (κ2) is 3.72. The number of hydrogen-bond donors (Lipinski definition) is 2. The van der Waals surface area contributed by atoms with Crippen LogP contribution in [0.5, 0.6) is 0 Å². The predicted molar refractivity (Wildman–Crippen MR) is 43.3 cm³/mol. The predicted octanol–water partition coefficient (Wildman–Crippen LogP) is 1.10. The lowest BCUT2D eigenvalue weighted by atomic mass is 9.84. The Labute approximate surface area is 75.1 Å². The molecule has 0 aromatic heterocycles. The summed E-state index contributed by atoms with van der Waals surface area (Å²) < 4.78 is 13.3. The molecule has 4 nitrogen and oxygen atoms in total. The smallest absolute Gasteiger partial charge is 0.404 e. The molecule has 74 valence electrons. The molecule has 0 radical (unpaired) electrons. The molecule has 0 unspecified atom stereocenters. The molecular formula is C8H12FNO3. The van der Waals surface area contributed by atoms with Crippen LogP contribution in [0, 0.1) is 0 Å². The van der Waals surface area contributed by atoms with E-state index in [1.165, 1.54) is 0 Å². The standard InChI is InChI=1S/C8H12FNO3/c9-8(5-11)3-1-6(2-4-8)10-7(12)13/h5-6,10H,1-4H2,(H,12,13)/t6-,8-. The van der Waals surface area contributed by atoms with Gasteiger partial charge in [0.25, 0.3) is 0 Å². The van der Waals surface area contributed by atoms with E-state index in [0.29, 0.717) is 19.1 Å². The average molecular weight is 189 g/mol. The second-order valence-electron chi connectivity index (χ2n) is 3.38. The van der Waals surface area contributed by atoms with Gasteiger partial charge in [-0.2, -0.15) is 0 Å². The lowest BCUT2D eigenvalue weighted by Crippen LogP contribution is -2.41. The Morgan fingerprint density at radius 1 is 1.54 bits per heavy atom. The summed E-state index contributed by atoms with van der Waals surface area (Å²) in [4.78, 5) is 20.5. The van der Waals surface area contributed by atoms with Crippen molar-refractivity contribution >= 4 is 12.4 Å².